The Morgan fingerprint density at radius 3 is 2.67 bits per heavy atom. The van der Waals surface area contributed by atoms with E-state index in [0.717, 1.165) is 12.5 Å². The van der Waals surface area contributed by atoms with Gasteiger partial charge in [-0.3, -0.25) is 0 Å². The van der Waals surface area contributed by atoms with Crippen LogP contribution in [-0.2, 0) is 6.54 Å². The molecule has 1 saturated carbocycles. The lowest BCUT2D eigenvalue weighted by Crippen LogP contribution is -2.30. The van der Waals surface area contributed by atoms with E-state index in [0.29, 0.717) is 11.4 Å². The summed E-state index contributed by atoms with van der Waals surface area (Å²) in [5.41, 5.74) is 4.13. The molecule has 3 rings (SSSR count). The van der Waals surface area contributed by atoms with Gasteiger partial charge in [-0.15, -0.1) is 11.8 Å². The number of rotatable bonds is 6. The molecule has 0 saturated heterocycles. The molecular formula is C21H32N2S. The fraction of sp³-hybridized carbons (Fsp3) is 0.619. The number of nitrogens with one attached hydrogen (secondary N) is 1. The first-order chi connectivity index (χ1) is 11.6. The summed E-state index contributed by atoms with van der Waals surface area (Å²) in [5.74, 6) is 0.941. The SMILES string of the molecule is CC1=CSC(C)N1c1ccccc1CN[C@@H](C)CC1CCCCC1. The third-order valence-corrected chi connectivity index (χ3v) is 6.56. The van der Waals surface area contributed by atoms with E-state index in [1.54, 1.807) is 0 Å². The number of anilines is 1. The predicted octanol–water partition coefficient (Wildman–Crippen LogP) is 5.90. The molecular weight excluding hydrogens is 312 g/mol. The number of para-hydroxylation sites is 1. The molecule has 3 heteroatoms. The van der Waals surface area contributed by atoms with Crippen molar-refractivity contribution in [3.63, 3.8) is 0 Å². The van der Waals surface area contributed by atoms with Gasteiger partial charge in [-0.2, -0.15) is 0 Å². The first kappa shape index (κ1) is 17.9. The van der Waals surface area contributed by atoms with Crippen LogP contribution in [-0.4, -0.2) is 11.4 Å². The third kappa shape index (κ3) is 4.37. The van der Waals surface area contributed by atoms with Gasteiger partial charge in [-0.25, -0.2) is 0 Å². The molecule has 2 aliphatic rings. The highest BCUT2D eigenvalue weighted by atomic mass is 32.2. The van der Waals surface area contributed by atoms with E-state index in [4.69, 9.17) is 0 Å². The van der Waals surface area contributed by atoms with Gasteiger partial charge in [0.1, 0.15) is 0 Å². The summed E-state index contributed by atoms with van der Waals surface area (Å²) >= 11 is 1.91. The smallest absolute Gasteiger partial charge is 0.0809 e. The predicted molar refractivity (Wildman–Crippen MR) is 107 cm³/mol. The molecule has 1 heterocycles. The van der Waals surface area contributed by atoms with E-state index in [1.807, 2.05) is 11.8 Å². The Hall–Kier alpha value is -0.930. The molecule has 1 aromatic carbocycles. The highest BCUT2D eigenvalue weighted by Gasteiger charge is 2.23. The molecule has 0 amide bonds. The van der Waals surface area contributed by atoms with Crippen LogP contribution in [0.3, 0.4) is 0 Å². The van der Waals surface area contributed by atoms with Crippen LogP contribution in [0.15, 0.2) is 35.4 Å². The quantitative estimate of drug-likeness (QED) is 0.692. The van der Waals surface area contributed by atoms with Gasteiger partial charge in [0, 0.05) is 24.0 Å². The molecule has 1 aliphatic heterocycles. The second-order valence-corrected chi connectivity index (χ2v) is 8.71. The average Bonchev–Trinajstić information content (AvgIpc) is 2.93. The molecule has 2 atom stereocenters. The Kier molecular flexibility index (Phi) is 6.29. The van der Waals surface area contributed by atoms with Gasteiger partial charge in [0.2, 0.25) is 0 Å². The maximum absolute atomic E-state index is 3.79. The number of allylic oxidation sites excluding steroid dienone is 1. The molecule has 132 valence electrons. The second-order valence-electron chi connectivity index (χ2n) is 7.52. The lowest BCUT2D eigenvalue weighted by Gasteiger charge is -2.29. The van der Waals surface area contributed by atoms with Gasteiger partial charge >= 0.3 is 0 Å². The zero-order chi connectivity index (χ0) is 16.9. The van der Waals surface area contributed by atoms with Crippen molar-refractivity contribution in [2.75, 3.05) is 4.90 Å². The van der Waals surface area contributed by atoms with Crippen LogP contribution >= 0.6 is 11.8 Å². The van der Waals surface area contributed by atoms with E-state index < -0.39 is 0 Å². The van der Waals surface area contributed by atoms with Gasteiger partial charge in [0.25, 0.3) is 0 Å². The largest absolute Gasteiger partial charge is 0.332 e. The van der Waals surface area contributed by atoms with E-state index in [9.17, 15) is 0 Å². The minimum absolute atomic E-state index is 0.491. The number of thioether (sulfide) groups is 1. The number of hydrogen-bond donors (Lipinski definition) is 1. The van der Waals surface area contributed by atoms with E-state index in [1.165, 1.54) is 55.5 Å². The molecule has 0 aromatic heterocycles. The van der Waals surface area contributed by atoms with Gasteiger partial charge in [-0.05, 0) is 50.1 Å². The summed E-state index contributed by atoms with van der Waals surface area (Å²) in [5, 5.41) is 6.56. The van der Waals surface area contributed by atoms with Crippen LogP contribution < -0.4 is 10.2 Å². The van der Waals surface area contributed by atoms with Crippen LogP contribution in [0.2, 0.25) is 0 Å². The third-order valence-electron chi connectivity index (χ3n) is 5.48. The topological polar surface area (TPSA) is 15.3 Å². The Morgan fingerprint density at radius 2 is 1.96 bits per heavy atom. The van der Waals surface area contributed by atoms with Crippen molar-refractivity contribution < 1.29 is 0 Å². The highest BCUT2D eigenvalue weighted by molar-refractivity contribution is 8.03. The zero-order valence-electron chi connectivity index (χ0n) is 15.4. The van der Waals surface area contributed by atoms with E-state index in [2.05, 4.69) is 60.7 Å². The molecule has 0 bridgehead atoms. The van der Waals surface area contributed by atoms with Crippen LogP contribution in [0.5, 0.6) is 0 Å². The van der Waals surface area contributed by atoms with Crippen LogP contribution in [0.4, 0.5) is 5.69 Å². The Morgan fingerprint density at radius 1 is 1.21 bits per heavy atom. The number of benzene rings is 1. The standard InChI is InChI=1S/C21H32N2S/c1-16(13-19-9-5-4-6-10-19)22-14-20-11-7-8-12-21(20)23-17(2)15-24-18(23)3/h7-8,11-12,15-16,18-19,22H,4-6,9-10,13-14H2,1-3H3/t16-,18?/m0/s1. The maximum atomic E-state index is 3.79. The van der Waals surface area contributed by atoms with Crippen molar-refractivity contribution in [2.45, 2.75) is 77.3 Å². The number of hydrogen-bond acceptors (Lipinski definition) is 3. The van der Waals surface area contributed by atoms with Crippen molar-refractivity contribution in [1.82, 2.24) is 5.32 Å². The summed E-state index contributed by atoms with van der Waals surface area (Å²) < 4.78 is 0. The Bertz CT molecular complexity index is 563. The summed E-state index contributed by atoms with van der Waals surface area (Å²) in [4.78, 5) is 2.47. The van der Waals surface area contributed by atoms with Gasteiger partial charge in [-0.1, -0.05) is 50.3 Å². The molecule has 1 aromatic rings. The molecule has 0 spiro atoms. The van der Waals surface area contributed by atoms with Gasteiger partial charge in [0.15, 0.2) is 0 Å². The summed E-state index contributed by atoms with van der Waals surface area (Å²) in [6, 6.07) is 9.47. The first-order valence-corrected chi connectivity index (χ1v) is 10.5. The minimum Gasteiger partial charge on any atom is -0.332 e. The summed E-state index contributed by atoms with van der Waals surface area (Å²) in [6.07, 6.45) is 8.54. The first-order valence-electron chi connectivity index (χ1n) is 9.58. The molecule has 1 aliphatic carbocycles. The van der Waals surface area contributed by atoms with Gasteiger partial charge < -0.3 is 10.2 Å². The molecule has 1 fully saturated rings. The normalized spacial score (nSPS) is 23.4. The van der Waals surface area contributed by atoms with Crippen molar-refractivity contribution >= 4 is 17.4 Å². The fourth-order valence-electron chi connectivity index (χ4n) is 4.17. The van der Waals surface area contributed by atoms with Crippen LogP contribution in [0.1, 0.15) is 64.9 Å². The van der Waals surface area contributed by atoms with Crippen molar-refractivity contribution in [3.05, 3.63) is 40.9 Å². The molecule has 24 heavy (non-hydrogen) atoms. The van der Waals surface area contributed by atoms with E-state index in [-0.39, 0.29) is 0 Å². The molecule has 0 radical (unpaired) electrons. The Balaban J connectivity index is 1.60. The zero-order valence-corrected chi connectivity index (χ0v) is 16.2. The monoisotopic (exact) mass is 344 g/mol. The average molecular weight is 345 g/mol. The van der Waals surface area contributed by atoms with Crippen molar-refractivity contribution in [2.24, 2.45) is 5.92 Å². The summed E-state index contributed by atoms with van der Waals surface area (Å²) in [7, 11) is 0. The molecule has 1 N–H and O–H groups in total. The van der Waals surface area contributed by atoms with Crippen molar-refractivity contribution in [1.29, 1.82) is 0 Å². The van der Waals surface area contributed by atoms with Crippen LogP contribution in [0, 0.1) is 5.92 Å². The second kappa shape index (κ2) is 8.44. The minimum atomic E-state index is 0.491. The highest BCUT2D eigenvalue weighted by Crippen LogP contribution is 2.36. The maximum Gasteiger partial charge on any atom is 0.0809 e. The number of nitrogens with zero attached hydrogens (tertiary/aromatic N) is 1. The molecule has 2 nitrogen and oxygen atoms in total. The van der Waals surface area contributed by atoms with E-state index >= 15 is 0 Å². The van der Waals surface area contributed by atoms with Crippen molar-refractivity contribution in [3.8, 4) is 0 Å². The molecule has 1 unspecified atom stereocenters. The van der Waals surface area contributed by atoms with Gasteiger partial charge in [0.05, 0.1) is 5.37 Å². The lowest BCUT2D eigenvalue weighted by molar-refractivity contribution is 0.304. The lowest BCUT2D eigenvalue weighted by atomic mass is 9.85. The van der Waals surface area contributed by atoms with Crippen LogP contribution in [0.25, 0.3) is 0 Å². The Labute approximate surface area is 152 Å². The fourth-order valence-corrected chi connectivity index (χ4v) is 5.08. The summed E-state index contributed by atoms with van der Waals surface area (Å²) in [6.45, 7) is 7.82.